The van der Waals surface area contributed by atoms with Crippen LogP contribution in [0.4, 0.5) is 0 Å². The molecule has 0 aliphatic rings. The molecule has 1 rings (SSSR count). The number of aromatic nitrogens is 2. The van der Waals surface area contributed by atoms with Gasteiger partial charge in [-0.3, -0.25) is 0 Å². The Hall–Kier alpha value is -0.570. The second-order valence-corrected chi connectivity index (χ2v) is 5.48. The van der Waals surface area contributed by atoms with E-state index in [1.807, 2.05) is 0 Å². The molecule has 0 spiro atoms. The minimum Gasteiger partial charge on any atom is -0.337 e. The summed E-state index contributed by atoms with van der Waals surface area (Å²) in [6, 6.07) is 0. The molecule has 1 aromatic rings. The van der Waals surface area contributed by atoms with E-state index in [1.54, 1.807) is 0 Å². The van der Waals surface area contributed by atoms with Crippen molar-refractivity contribution in [1.82, 2.24) is 9.55 Å². The summed E-state index contributed by atoms with van der Waals surface area (Å²) < 4.78 is 3.14. The van der Waals surface area contributed by atoms with E-state index in [4.69, 9.17) is 12.2 Å². The molecule has 17 heavy (non-hydrogen) atoms. The van der Waals surface area contributed by atoms with Gasteiger partial charge in [-0.05, 0) is 24.6 Å². The first-order valence-electron chi connectivity index (χ1n) is 6.95. The lowest BCUT2D eigenvalue weighted by molar-refractivity contribution is 0.538. The van der Waals surface area contributed by atoms with Crippen LogP contribution in [0.2, 0.25) is 0 Å². The summed E-state index contributed by atoms with van der Waals surface area (Å²) in [5.41, 5.74) is 1.34. The van der Waals surface area contributed by atoms with Gasteiger partial charge in [0.25, 0.3) is 0 Å². The number of aromatic amines is 1. The highest BCUT2D eigenvalue weighted by molar-refractivity contribution is 7.71. The van der Waals surface area contributed by atoms with E-state index in [-0.39, 0.29) is 0 Å². The van der Waals surface area contributed by atoms with Gasteiger partial charge < -0.3 is 9.55 Å². The molecule has 1 N–H and O–H groups in total. The summed E-state index contributed by atoms with van der Waals surface area (Å²) in [5.74, 6) is 0.544. The molecule has 0 unspecified atom stereocenters. The van der Waals surface area contributed by atoms with Crippen molar-refractivity contribution in [3.8, 4) is 0 Å². The van der Waals surface area contributed by atoms with Crippen LogP contribution in [0.3, 0.4) is 0 Å². The van der Waals surface area contributed by atoms with Crippen LogP contribution < -0.4 is 0 Å². The van der Waals surface area contributed by atoms with E-state index < -0.39 is 0 Å². The second kappa shape index (κ2) is 7.70. The van der Waals surface area contributed by atoms with Crippen LogP contribution in [-0.2, 0) is 6.54 Å². The van der Waals surface area contributed by atoms with Gasteiger partial charge in [0.1, 0.15) is 0 Å². The van der Waals surface area contributed by atoms with Crippen LogP contribution in [0.25, 0.3) is 0 Å². The molecule has 1 heterocycles. The molecule has 0 saturated heterocycles. The molecule has 2 nitrogen and oxygen atoms in total. The summed E-state index contributed by atoms with van der Waals surface area (Å²) >= 11 is 5.32. The van der Waals surface area contributed by atoms with Crippen molar-refractivity contribution < 1.29 is 0 Å². The molecule has 0 fully saturated rings. The maximum Gasteiger partial charge on any atom is 0.177 e. The molecule has 0 atom stereocenters. The Bertz CT molecular complexity index is 363. The minimum atomic E-state index is 0.544. The first-order valence-corrected chi connectivity index (χ1v) is 7.35. The van der Waals surface area contributed by atoms with E-state index in [0.29, 0.717) is 5.92 Å². The monoisotopic (exact) mass is 254 g/mol. The van der Waals surface area contributed by atoms with Crippen molar-refractivity contribution in [3.05, 3.63) is 16.7 Å². The predicted octanol–water partition coefficient (Wildman–Crippen LogP) is 5.03. The van der Waals surface area contributed by atoms with Gasteiger partial charge in [0.2, 0.25) is 0 Å². The van der Waals surface area contributed by atoms with Gasteiger partial charge >= 0.3 is 0 Å². The number of hydrogen-bond acceptors (Lipinski definition) is 1. The molecule has 0 saturated carbocycles. The second-order valence-electron chi connectivity index (χ2n) is 5.09. The van der Waals surface area contributed by atoms with Crippen LogP contribution in [0.5, 0.6) is 0 Å². The third kappa shape index (κ3) is 4.66. The highest BCUT2D eigenvalue weighted by atomic mass is 32.1. The third-order valence-corrected chi connectivity index (χ3v) is 3.57. The van der Waals surface area contributed by atoms with Gasteiger partial charge in [-0.2, -0.15) is 0 Å². The van der Waals surface area contributed by atoms with Crippen LogP contribution >= 0.6 is 12.2 Å². The summed E-state index contributed by atoms with van der Waals surface area (Å²) in [7, 11) is 0. The van der Waals surface area contributed by atoms with Crippen molar-refractivity contribution in [2.45, 2.75) is 71.8 Å². The van der Waals surface area contributed by atoms with E-state index in [2.05, 4.69) is 36.5 Å². The highest BCUT2D eigenvalue weighted by Gasteiger charge is 2.06. The van der Waals surface area contributed by atoms with Crippen LogP contribution in [0.1, 0.15) is 70.9 Å². The van der Waals surface area contributed by atoms with Crippen molar-refractivity contribution in [1.29, 1.82) is 0 Å². The molecule has 0 aromatic carbocycles. The Labute approximate surface area is 110 Å². The number of nitrogens with one attached hydrogen (secondary N) is 1. The van der Waals surface area contributed by atoms with E-state index in [9.17, 15) is 0 Å². The van der Waals surface area contributed by atoms with Gasteiger partial charge in [-0.1, -0.05) is 52.9 Å². The number of unbranched alkanes of at least 4 members (excludes halogenated alkanes) is 5. The van der Waals surface area contributed by atoms with Gasteiger partial charge in [0.15, 0.2) is 4.77 Å². The fraction of sp³-hybridized carbons (Fsp3) is 0.786. The van der Waals surface area contributed by atoms with Crippen molar-refractivity contribution in [2.24, 2.45) is 0 Å². The summed E-state index contributed by atoms with van der Waals surface area (Å²) in [6.07, 6.45) is 10.1. The first kappa shape index (κ1) is 14.5. The topological polar surface area (TPSA) is 20.7 Å². The van der Waals surface area contributed by atoms with Gasteiger partial charge in [-0.25, -0.2) is 0 Å². The standard InChI is InChI=1S/C14H26N2S/c1-4-5-6-7-8-9-10-16-13(12(2)3)11-15-14(16)17/h11-12H,4-10H2,1-3H3,(H,15,17). The number of H-pyrrole nitrogens is 1. The maximum atomic E-state index is 5.32. The molecule has 3 heteroatoms. The van der Waals surface area contributed by atoms with Crippen molar-refractivity contribution in [3.63, 3.8) is 0 Å². The summed E-state index contributed by atoms with van der Waals surface area (Å²) in [6.45, 7) is 7.77. The van der Waals surface area contributed by atoms with E-state index >= 15 is 0 Å². The molecule has 1 aromatic heterocycles. The highest BCUT2D eigenvalue weighted by Crippen LogP contribution is 2.16. The maximum absolute atomic E-state index is 5.32. The Morgan fingerprint density at radius 3 is 2.47 bits per heavy atom. The SMILES string of the molecule is CCCCCCCCn1c(C(C)C)c[nH]c1=S. The zero-order valence-electron chi connectivity index (χ0n) is 11.5. The number of rotatable bonds is 8. The molecule has 0 aliphatic heterocycles. The first-order chi connectivity index (χ1) is 8.16. The number of nitrogens with zero attached hydrogens (tertiary/aromatic N) is 1. The molecule has 0 amide bonds. The normalized spacial score (nSPS) is 11.3. The number of hydrogen-bond donors (Lipinski definition) is 1. The molecular weight excluding hydrogens is 228 g/mol. The third-order valence-electron chi connectivity index (χ3n) is 3.23. The Morgan fingerprint density at radius 1 is 1.18 bits per heavy atom. The van der Waals surface area contributed by atoms with Gasteiger partial charge in [-0.15, -0.1) is 0 Å². The lowest BCUT2D eigenvalue weighted by Gasteiger charge is -2.10. The fourth-order valence-electron chi connectivity index (χ4n) is 2.17. The lowest BCUT2D eigenvalue weighted by atomic mass is 10.1. The lowest BCUT2D eigenvalue weighted by Crippen LogP contribution is -2.04. The quantitative estimate of drug-likeness (QED) is 0.510. The van der Waals surface area contributed by atoms with Gasteiger partial charge in [0.05, 0.1) is 0 Å². The molecule has 0 bridgehead atoms. The Balaban J connectivity index is 2.36. The van der Waals surface area contributed by atoms with E-state index in [1.165, 1.54) is 44.2 Å². The minimum absolute atomic E-state index is 0.544. The number of imidazole rings is 1. The smallest absolute Gasteiger partial charge is 0.177 e. The fourth-order valence-corrected chi connectivity index (χ4v) is 2.42. The van der Waals surface area contributed by atoms with Crippen LogP contribution in [0, 0.1) is 4.77 Å². The Morgan fingerprint density at radius 2 is 1.82 bits per heavy atom. The molecular formula is C14H26N2S. The predicted molar refractivity (Wildman–Crippen MR) is 77.1 cm³/mol. The largest absolute Gasteiger partial charge is 0.337 e. The van der Waals surface area contributed by atoms with Crippen LogP contribution in [0.15, 0.2) is 6.20 Å². The van der Waals surface area contributed by atoms with E-state index in [0.717, 1.165) is 11.3 Å². The molecule has 0 aliphatic carbocycles. The average Bonchev–Trinajstić information content (AvgIpc) is 2.65. The van der Waals surface area contributed by atoms with Gasteiger partial charge in [0, 0.05) is 18.4 Å². The van der Waals surface area contributed by atoms with Crippen molar-refractivity contribution >= 4 is 12.2 Å². The summed E-state index contributed by atoms with van der Waals surface area (Å²) in [5, 5.41) is 0. The summed E-state index contributed by atoms with van der Waals surface area (Å²) in [4.78, 5) is 3.16. The molecule has 0 radical (unpaired) electrons. The molecule has 98 valence electrons. The Kier molecular flexibility index (Phi) is 6.56. The van der Waals surface area contributed by atoms with Crippen molar-refractivity contribution in [2.75, 3.05) is 0 Å². The average molecular weight is 254 g/mol. The van der Waals surface area contributed by atoms with Crippen LogP contribution in [-0.4, -0.2) is 9.55 Å². The zero-order valence-corrected chi connectivity index (χ0v) is 12.3. The zero-order chi connectivity index (χ0) is 12.7.